The fourth-order valence-corrected chi connectivity index (χ4v) is 2.34. The van der Waals surface area contributed by atoms with Gasteiger partial charge in [-0.05, 0) is 36.4 Å². The summed E-state index contributed by atoms with van der Waals surface area (Å²) in [5.74, 6) is 0.769. The lowest BCUT2D eigenvalue weighted by atomic mass is 10.2. The Morgan fingerprint density at radius 3 is 2.39 bits per heavy atom. The summed E-state index contributed by atoms with van der Waals surface area (Å²) in [5.41, 5.74) is 1.65. The number of methoxy groups -OCH3 is 1. The van der Waals surface area contributed by atoms with Crippen LogP contribution in [-0.4, -0.2) is 33.0 Å². The zero-order valence-electron chi connectivity index (χ0n) is 12.5. The molecule has 0 fully saturated rings. The smallest absolute Gasteiger partial charge is 0.311 e. The highest BCUT2D eigenvalue weighted by molar-refractivity contribution is 5.70. The summed E-state index contributed by atoms with van der Waals surface area (Å²) < 4.78 is 6.92. The number of aliphatic carboxylic acids is 1. The fourth-order valence-electron chi connectivity index (χ4n) is 2.34. The SMILES string of the molecule is COc1ccc(-c2nnc(CC(=O)O)n2-c2ccccc2)cc1. The van der Waals surface area contributed by atoms with Gasteiger partial charge in [0.1, 0.15) is 18.0 Å². The summed E-state index contributed by atoms with van der Waals surface area (Å²) in [6, 6.07) is 16.8. The van der Waals surface area contributed by atoms with Gasteiger partial charge in [0.25, 0.3) is 0 Å². The highest BCUT2D eigenvalue weighted by Crippen LogP contribution is 2.25. The van der Waals surface area contributed by atoms with Gasteiger partial charge in [0.2, 0.25) is 0 Å². The molecule has 0 amide bonds. The largest absolute Gasteiger partial charge is 0.497 e. The van der Waals surface area contributed by atoms with Crippen molar-refractivity contribution in [1.29, 1.82) is 0 Å². The first-order valence-corrected chi connectivity index (χ1v) is 7.05. The second-order valence-electron chi connectivity index (χ2n) is 4.91. The maximum Gasteiger partial charge on any atom is 0.311 e. The van der Waals surface area contributed by atoms with Crippen LogP contribution >= 0.6 is 0 Å². The van der Waals surface area contributed by atoms with Crippen LogP contribution in [0.4, 0.5) is 0 Å². The Labute approximate surface area is 133 Å². The van der Waals surface area contributed by atoms with E-state index >= 15 is 0 Å². The first-order valence-electron chi connectivity index (χ1n) is 7.05. The molecule has 3 rings (SSSR count). The Kier molecular flexibility index (Phi) is 4.05. The van der Waals surface area contributed by atoms with Crippen LogP contribution in [0.1, 0.15) is 5.82 Å². The second-order valence-corrected chi connectivity index (χ2v) is 4.91. The molecule has 6 heteroatoms. The number of carboxylic acids is 1. The predicted octanol–water partition coefficient (Wildman–Crippen LogP) is 2.57. The van der Waals surface area contributed by atoms with Crippen LogP contribution in [0.2, 0.25) is 0 Å². The van der Waals surface area contributed by atoms with Crippen molar-refractivity contribution in [1.82, 2.24) is 14.8 Å². The maximum atomic E-state index is 11.1. The van der Waals surface area contributed by atoms with Gasteiger partial charge in [0.15, 0.2) is 5.82 Å². The molecule has 0 saturated carbocycles. The Bertz CT molecular complexity index is 811. The van der Waals surface area contributed by atoms with E-state index in [-0.39, 0.29) is 6.42 Å². The van der Waals surface area contributed by atoms with Crippen LogP contribution in [0.15, 0.2) is 54.6 Å². The van der Waals surface area contributed by atoms with E-state index in [2.05, 4.69) is 10.2 Å². The molecule has 1 heterocycles. The molecule has 3 aromatic rings. The van der Waals surface area contributed by atoms with Crippen LogP contribution in [0, 0.1) is 0 Å². The van der Waals surface area contributed by atoms with Crippen LogP contribution in [0.5, 0.6) is 5.75 Å². The monoisotopic (exact) mass is 309 g/mol. The van der Waals surface area contributed by atoms with Gasteiger partial charge in [-0.15, -0.1) is 10.2 Å². The molecule has 0 aliphatic rings. The number of benzene rings is 2. The molecule has 116 valence electrons. The van der Waals surface area contributed by atoms with E-state index in [9.17, 15) is 4.79 Å². The molecule has 0 aliphatic heterocycles. The molecule has 0 aliphatic carbocycles. The third-order valence-electron chi connectivity index (χ3n) is 3.40. The molecule has 2 aromatic carbocycles. The van der Waals surface area contributed by atoms with Gasteiger partial charge < -0.3 is 9.84 Å². The number of para-hydroxylation sites is 1. The second kappa shape index (κ2) is 6.31. The van der Waals surface area contributed by atoms with E-state index < -0.39 is 5.97 Å². The fraction of sp³-hybridized carbons (Fsp3) is 0.118. The molecule has 23 heavy (non-hydrogen) atoms. The summed E-state index contributed by atoms with van der Waals surface area (Å²) in [4.78, 5) is 11.1. The van der Waals surface area contributed by atoms with Gasteiger partial charge >= 0.3 is 5.97 Å². The number of hydrogen-bond donors (Lipinski definition) is 1. The van der Waals surface area contributed by atoms with Crippen molar-refractivity contribution in [3.63, 3.8) is 0 Å². The van der Waals surface area contributed by atoms with Crippen LogP contribution < -0.4 is 4.74 Å². The molecular formula is C17H15N3O3. The number of carboxylic acid groups (broad SMARTS) is 1. The number of nitrogens with zero attached hydrogens (tertiary/aromatic N) is 3. The summed E-state index contributed by atoms with van der Waals surface area (Å²) >= 11 is 0. The lowest BCUT2D eigenvalue weighted by Gasteiger charge is -2.10. The van der Waals surface area contributed by atoms with Crippen molar-refractivity contribution >= 4 is 5.97 Å². The zero-order valence-corrected chi connectivity index (χ0v) is 12.5. The topological polar surface area (TPSA) is 77.2 Å². The Morgan fingerprint density at radius 2 is 1.78 bits per heavy atom. The quantitative estimate of drug-likeness (QED) is 0.784. The summed E-state index contributed by atoms with van der Waals surface area (Å²) in [7, 11) is 1.60. The van der Waals surface area contributed by atoms with Gasteiger partial charge in [-0.1, -0.05) is 18.2 Å². The van der Waals surface area contributed by atoms with E-state index in [1.165, 1.54) is 0 Å². The van der Waals surface area contributed by atoms with Crippen molar-refractivity contribution < 1.29 is 14.6 Å². The lowest BCUT2D eigenvalue weighted by Crippen LogP contribution is -2.08. The van der Waals surface area contributed by atoms with E-state index in [1.807, 2.05) is 54.6 Å². The molecule has 6 nitrogen and oxygen atoms in total. The van der Waals surface area contributed by atoms with E-state index in [0.717, 1.165) is 17.0 Å². The first-order chi connectivity index (χ1) is 11.2. The van der Waals surface area contributed by atoms with Gasteiger partial charge in [0.05, 0.1) is 7.11 Å². The van der Waals surface area contributed by atoms with E-state index in [0.29, 0.717) is 11.6 Å². The zero-order chi connectivity index (χ0) is 16.2. The van der Waals surface area contributed by atoms with Gasteiger partial charge in [-0.2, -0.15) is 0 Å². The summed E-state index contributed by atoms with van der Waals surface area (Å²) in [6.45, 7) is 0. The van der Waals surface area contributed by atoms with Crippen LogP contribution in [0.3, 0.4) is 0 Å². The average molecular weight is 309 g/mol. The van der Waals surface area contributed by atoms with Crippen molar-refractivity contribution in [2.45, 2.75) is 6.42 Å². The minimum absolute atomic E-state index is 0.196. The highest BCUT2D eigenvalue weighted by atomic mass is 16.5. The predicted molar refractivity (Wildman–Crippen MR) is 84.7 cm³/mol. The Morgan fingerprint density at radius 1 is 1.09 bits per heavy atom. The molecule has 0 bridgehead atoms. The molecule has 0 saturated heterocycles. The lowest BCUT2D eigenvalue weighted by molar-refractivity contribution is -0.136. The molecular weight excluding hydrogens is 294 g/mol. The standard InChI is InChI=1S/C17H15N3O3/c1-23-14-9-7-12(8-10-14)17-19-18-15(11-16(21)22)20(17)13-5-3-2-4-6-13/h2-10H,11H2,1H3,(H,21,22). The van der Waals surface area contributed by atoms with E-state index in [1.54, 1.807) is 11.7 Å². The molecule has 0 atom stereocenters. The molecule has 0 spiro atoms. The van der Waals surface area contributed by atoms with Crippen molar-refractivity contribution in [3.8, 4) is 22.8 Å². The highest BCUT2D eigenvalue weighted by Gasteiger charge is 2.17. The summed E-state index contributed by atoms with van der Waals surface area (Å²) in [5, 5.41) is 17.3. The van der Waals surface area contributed by atoms with E-state index in [4.69, 9.17) is 9.84 Å². The first kappa shape index (κ1) is 14.8. The normalized spacial score (nSPS) is 10.5. The molecule has 1 N–H and O–H groups in total. The maximum absolute atomic E-state index is 11.1. The molecule has 1 aromatic heterocycles. The summed E-state index contributed by atoms with van der Waals surface area (Å²) in [6.07, 6.45) is -0.196. The third-order valence-corrected chi connectivity index (χ3v) is 3.40. The molecule has 0 unspecified atom stereocenters. The van der Waals surface area contributed by atoms with Crippen LogP contribution in [-0.2, 0) is 11.2 Å². The van der Waals surface area contributed by atoms with Crippen molar-refractivity contribution in [3.05, 3.63) is 60.4 Å². The number of carbonyl (C=O) groups is 1. The number of ether oxygens (including phenoxy) is 1. The molecule has 0 radical (unpaired) electrons. The number of hydrogen-bond acceptors (Lipinski definition) is 4. The Hall–Kier alpha value is -3.15. The number of aromatic nitrogens is 3. The van der Waals surface area contributed by atoms with Gasteiger partial charge in [-0.3, -0.25) is 9.36 Å². The van der Waals surface area contributed by atoms with Gasteiger partial charge in [0, 0.05) is 11.3 Å². The van der Waals surface area contributed by atoms with Crippen molar-refractivity contribution in [2.24, 2.45) is 0 Å². The third kappa shape index (κ3) is 3.06. The van der Waals surface area contributed by atoms with Crippen molar-refractivity contribution in [2.75, 3.05) is 7.11 Å². The number of rotatable bonds is 5. The minimum Gasteiger partial charge on any atom is -0.497 e. The minimum atomic E-state index is -0.948. The average Bonchev–Trinajstić information content (AvgIpc) is 2.98. The Balaban J connectivity index is 2.12. The van der Waals surface area contributed by atoms with Gasteiger partial charge in [-0.25, -0.2) is 0 Å². The van der Waals surface area contributed by atoms with Crippen LogP contribution in [0.25, 0.3) is 17.1 Å².